The lowest BCUT2D eigenvalue weighted by Crippen LogP contribution is -2.30. The number of para-hydroxylation sites is 1. The minimum atomic E-state index is 0.0423. The number of carbonyl (C=O) groups is 2. The number of nitrogens with zero attached hydrogens (tertiary/aromatic N) is 2. The van der Waals surface area contributed by atoms with Gasteiger partial charge in [-0.1, -0.05) is 29.8 Å². The second kappa shape index (κ2) is 7.84. The van der Waals surface area contributed by atoms with Crippen LogP contribution in [0.25, 0.3) is 10.2 Å². The number of hydrogen-bond acceptors (Lipinski definition) is 4. The molecule has 5 heteroatoms. The van der Waals surface area contributed by atoms with Crippen LogP contribution in [-0.4, -0.2) is 28.1 Å². The monoisotopic (exact) mass is 392 g/mol. The molecule has 2 aromatic carbocycles. The van der Waals surface area contributed by atoms with E-state index in [1.54, 1.807) is 11.3 Å². The van der Waals surface area contributed by atoms with Gasteiger partial charge in [-0.25, -0.2) is 4.98 Å². The summed E-state index contributed by atoms with van der Waals surface area (Å²) in [6, 6.07) is 14.0. The molecule has 1 atom stereocenters. The zero-order valence-corrected chi connectivity index (χ0v) is 17.1. The van der Waals surface area contributed by atoms with Crippen molar-refractivity contribution in [1.82, 2.24) is 9.88 Å². The van der Waals surface area contributed by atoms with Gasteiger partial charge in [-0.3, -0.25) is 9.59 Å². The van der Waals surface area contributed by atoms with Crippen LogP contribution in [0.15, 0.2) is 42.5 Å². The van der Waals surface area contributed by atoms with Crippen molar-refractivity contribution in [3.8, 4) is 0 Å². The number of aryl methyl sites for hydroxylation is 2. The van der Waals surface area contributed by atoms with Gasteiger partial charge < -0.3 is 4.90 Å². The summed E-state index contributed by atoms with van der Waals surface area (Å²) in [7, 11) is 0. The lowest BCUT2D eigenvalue weighted by molar-refractivity contribution is -0.132. The van der Waals surface area contributed by atoms with Crippen LogP contribution in [0.3, 0.4) is 0 Å². The van der Waals surface area contributed by atoms with Crippen molar-refractivity contribution in [1.29, 1.82) is 0 Å². The summed E-state index contributed by atoms with van der Waals surface area (Å²) in [5.74, 6) is 0.102. The molecule has 1 saturated heterocycles. The molecule has 0 radical (unpaired) electrons. The first-order valence-corrected chi connectivity index (χ1v) is 10.6. The number of thiazole rings is 1. The van der Waals surface area contributed by atoms with E-state index >= 15 is 0 Å². The van der Waals surface area contributed by atoms with Crippen LogP contribution in [0.5, 0.6) is 0 Å². The summed E-state index contributed by atoms with van der Waals surface area (Å²) in [6.07, 6.45) is 2.44. The van der Waals surface area contributed by atoms with Gasteiger partial charge in [-0.05, 0) is 50.5 Å². The number of hydrogen-bond donors (Lipinski definition) is 0. The number of carbonyl (C=O) groups excluding carboxylic acids is 2. The largest absolute Gasteiger partial charge is 0.333 e. The van der Waals surface area contributed by atoms with Crippen LogP contribution in [0.1, 0.15) is 58.2 Å². The van der Waals surface area contributed by atoms with Gasteiger partial charge >= 0.3 is 0 Å². The quantitative estimate of drug-likeness (QED) is 0.558. The summed E-state index contributed by atoms with van der Waals surface area (Å²) in [4.78, 5) is 32.2. The highest BCUT2D eigenvalue weighted by molar-refractivity contribution is 7.18. The van der Waals surface area contributed by atoms with Crippen LogP contribution in [0, 0.1) is 13.8 Å². The van der Waals surface area contributed by atoms with Gasteiger partial charge in [0.15, 0.2) is 5.78 Å². The van der Waals surface area contributed by atoms with E-state index in [1.165, 1.54) is 0 Å². The van der Waals surface area contributed by atoms with E-state index in [1.807, 2.05) is 55.1 Å². The molecular formula is C23H24N2O2S. The Labute approximate surface area is 169 Å². The van der Waals surface area contributed by atoms with Crippen LogP contribution in [-0.2, 0) is 4.79 Å². The Morgan fingerprint density at radius 3 is 2.79 bits per heavy atom. The van der Waals surface area contributed by atoms with Gasteiger partial charge in [-0.2, -0.15) is 0 Å². The van der Waals surface area contributed by atoms with Crippen molar-refractivity contribution in [2.75, 3.05) is 6.54 Å². The fraction of sp³-hybridized carbons (Fsp3) is 0.348. The molecule has 2 heterocycles. The Balaban J connectivity index is 1.45. The van der Waals surface area contributed by atoms with Gasteiger partial charge in [0.05, 0.1) is 16.3 Å². The molecule has 28 heavy (non-hydrogen) atoms. The Bertz CT molecular complexity index is 1010. The molecule has 144 valence electrons. The predicted molar refractivity (Wildman–Crippen MR) is 113 cm³/mol. The van der Waals surface area contributed by atoms with E-state index in [0.717, 1.165) is 51.3 Å². The Morgan fingerprint density at radius 2 is 1.96 bits per heavy atom. The summed E-state index contributed by atoms with van der Waals surface area (Å²) < 4.78 is 1.15. The van der Waals surface area contributed by atoms with Crippen LogP contribution < -0.4 is 0 Å². The predicted octanol–water partition coefficient (Wildman–Crippen LogP) is 5.24. The highest BCUT2D eigenvalue weighted by Gasteiger charge is 2.32. The molecule has 1 aliphatic rings. The molecule has 0 unspecified atom stereocenters. The Hall–Kier alpha value is -2.53. The van der Waals surface area contributed by atoms with Crippen LogP contribution >= 0.6 is 11.3 Å². The Kier molecular flexibility index (Phi) is 5.27. The normalized spacial score (nSPS) is 16.6. The SMILES string of the molecule is Cc1ccc(C)c(C(=O)CCC(=O)N2CCC[C@@H]2c2nc3ccccc3s2)c1. The van der Waals surface area contributed by atoms with Crippen molar-refractivity contribution >= 4 is 33.2 Å². The smallest absolute Gasteiger partial charge is 0.223 e. The van der Waals surface area contributed by atoms with Crippen LogP contribution in [0.2, 0.25) is 0 Å². The van der Waals surface area contributed by atoms with Crippen LogP contribution in [0.4, 0.5) is 0 Å². The average Bonchev–Trinajstić information content (AvgIpc) is 3.34. The fourth-order valence-corrected chi connectivity index (χ4v) is 5.00. The zero-order chi connectivity index (χ0) is 19.7. The summed E-state index contributed by atoms with van der Waals surface area (Å²) in [5, 5.41) is 1.01. The summed E-state index contributed by atoms with van der Waals surface area (Å²) in [5.41, 5.74) is 3.76. The molecular weight excluding hydrogens is 368 g/mol. The third kappa shape index (κ3) is 3.72. The molecule has 1 fully saturated rings. The number of amides is 1. The van der Waals surface area contributed by atoms with E-state index in [4.69, 9.17) is 4.98 Å². The lowest BCUT2D eigenvalue weighted by Gasteiger charge is -2.23. The minimum Gasteiger partial charge on any atom is -0.333 e. The number of fused-ring (bicyclic) bond motifs is 1. The molecule has 0 aliphatic carbocycles. The number of Topliss-reactive ketones (excluding diaryl/α,β-unsaturated/α-hetero) is 1. The molecule has 3 aromatic rings. The minimum absolute atomic E-state index is 0.0423. The van der Waals surface area contributed by atoms with Gasteiger partial charge in [0.25, 0.3) is 0 Å². The maximum Gasteiger partial charge on any atom is 0.223 e. The van der Waals surface area contributed by atoms with E-state index < -0.39 is 0 Å². The van der Waals surface area contributed by atoms with Crippen molar-refractivity contribution in [2.24, 2.45) is 0 Å². The summed E-state index contributed by atoms with van der Waals surface area (Å²) >= 11 is 1.67. The number of benzene rings is 2. The number of ketones is 1. The molecule has 0 N–H and O–H groups in total. The fourth-order valence-electron chi connectivity index (χ4n) is 3.89. The molecule has 4 rings (SSSR count). The first kappa shape index (κ1) is 18.8. The van der Waals surface area contributed by atoms with E-state index in [0.29, 0.717) is 0 Å². The molecule has 1 aliphatic heterocycles. The number of aromatic nitrogens is 1. The lowest BCUT2D eigenvalue weighted by atomic mass is 9.99. The van der Waals surface area contributed by atoms with Gasteiger partial charge in [0.1, 0.15) is 5.01 Å². The second-order valence-electron chi connectivity index (χ2n) is 7.51. The molecule has 0 saturated carbocycles. The third-order valence-corrected chi connectivity index (χ3v) is 6.57. The highest BCUT2D eigenvalue weighted by Crippen LogP contribution is 2.36. The molecule has 0 bridgehead atoms. The first-order valence-electron chi connectivity index (χ1n) is 9.78. The molecule has 1 amide bonds. The van der Waals surface area contributed by atoms with Crippen molar-refractivity contribution in [3.05, 3.63) is 64.2 Å². The number of likely N-dealkylation sites (tertiary alicyclic amines) is 1. The standard InChI is InChI=1S/C23H24N2O2S/c1-15-9-10-16(2)17(14-15)20(26)11-12-22(27)25-13-5-7-19(25)23-24-18-6-3-4-8-21(18)28-23/h3-4,6,8-10,14,19H,5,7,11-13H2,1-2H3/t19-/m1/s1. The molecule has 0 spiro atoms. The summed E-state index contributed by atoms with van der Waals surface area (Å²) in [6.45, 7) is 4.67. The Morgan fingerprint density at radius 1 is 1.14 bits per heavy atom. The number of rotatable bonds is 5. The second-order valence-corrected chi connectivity index (χ2v) is 8.57. The van der Waals surface area contributed by atoms with E-state index in [-0.39, 0.29) is 30.6 Å². The van der Waals surface area contributed by atoms with Crippen molar-refractivity contribution in [2.45, 2.75) is 45.6 Å². The maximum atomic E-state index is 12.9. The van der Waals surface area contributed by atoms with Gasteiger partial charge in [0, 0.05) is 24.9 Å². The van der Waals surface area contributed by atoms with E-state index in [2.05, 4.69) is 6.07 Å². The topological polar surface area (TPSA) is 50.3 Å². The van der Waals surface area contributed by atoms with Crippen molar-refractivity contribution < 1.29 is 9.59 Å². The molecule has 1 aromatic heterocycles. The third-order valence-electron chi connectivity index (χ3n) is 5.43. The van der Waals surface area contributed by atoms with E-state index in [9.17, 15) is 9.59 Å². The zero-order valence-electron chi connectivity index (χ0n) is 16.3. The van der Waals surface area contributed by atoms with Gasteiger partial charge in [0.2, 0.25) is 5.91 Å². The van der Waals surface area contributed by atoms with Crippen molar-refractivity contribution in [3.63, 3.8) is 0 Å². The highest BCUT2D eigenvalue weighted by atomic mass is 32.1. The average molecular weight is 393 g/mol. The van der Waals surface area contributed by atoms with Gasteiger partial charge in [-0.15, -0.1) is 11.3 Å². The first-order chi connectivity index (χ1) is 13.5. The maximum absolute atomic E-state index is 12.9. The molecule has 4 nitrogen and oxygen atoms in total.